The quantitative estimate of drug-likeness (QED) is 0.105. The highest BCUT2D eigenvalue weighted by Gasteiger charge is 2.29. The van der Waals surface area contributed by atoms with Crippen LogP contribution in [0.25, 0.3) is 0 Å². The minimum atomic E-state index is -0.921. The molecule has 1 amide bonds. The Bertz CT molecular complexity index is 750. The summed E-state index contributed by atoms with van der Waals surface area (Å²) in [7, 11) is 1.89. The zero-order valence-electron chi connectivity index (χ0n) is 24.3. The molecule has 0 rings (SSSR count). The van der Waals surface area contributed by atoms with E-state index in [1.807, 2.05) is 27.8 Å². The van der Waals surface area contributed by atoms with Crippen LogP contribution in [0.5, 0.6) is 0 Å². The Kier molecular flexibility index (Phi) is 19.3. The average molecular weight is 557 g/mol. The van der Waals surface area contributed by atoms with Crippen LogP contribution in [-0.4, -0.2) is 59.7 Å². The van der Waals surface area contributed by atoms with Crippen molar-refractivity contribution in [3.05, 3.63) is 0 Å². The van der Waals surface area contributed by atoms with E-state index in [9.17, 15) is 24.0 Å². The fourth-order valence-electron chi connectivity index (χ4n) is 4.54. The molecule has 0 aromatic heterocycles. The number of carboxylic acid groups (broad SMARTS) is 1. The van der Waals surface area contributed by atoms with Gasteiger partial charge in [-0.1, -0.05) is 33.6 Å². The summed E-state index contributed by atoms with van der Waals surface area (Å²) in [6.45, 7) is 8.45. The lowest BCUT2D eigenvalue weighted by atomic mass is 9.78. The summed E-state index contributed by atoms with van der Waals surface area (Å²) < 4.78 is 0. The van der Waals surface area contributed by atoms with Crippen molar-refractivity contribution in [3.63, 3.8) is 0 Å². The standard InChI is InChI=1S/C29H52N2O6S/c1-21(32)24(12-10-11-17-30-5)31-27(35)14-9-7-6-8-13-25(33)23(20-38)18-26(34)22(15-16-28(36)37)19-29(2,3)4/h22-24,30,38H,6-20H2,1-5H3,(H,31,35)(H,36,37). The minimum absolute atomic E-state index is 0.0152. The number of hydrogen-bond acceptors (Lipinski definition) is 7. The first-order chi connectivity index (χ1) is 17.8. The maximum absolute atomic E-state index is 13.0. The fraction of sp³-hybridized carbons (Fsp3) is 0.828. The van der Waals surface area contributed by atoms with Crippen LogP contribution in [0, 0.1) is 17.3 Å². The predicted octanol–water partition coefficient (Wildman–Crippen LogP) is 4.78. The monoisotopic (exact) mass is 556 g/mol. The van der Waals surface area contributed by atoms with Crippen molar-refractivity contribution in [2.24, 2.45) is 17.3 Å². The topological polar surface area (TPSA) is 130 Å². The van der Waals surface area contributed by atoms with Gasteiger partial charge in [0, 0.05) is 43.3 Å². The minimum Gasteiger partial charge on any atom is -0.481 e. The van der Waals surface area contributed by atoms with Gasteiger partial charge < -0.3 is 15.7 Å². The van der Waals surface area contributed by atoms with Crippen LogP contribution in [0.2, 0.25) is 0 Å². The molecule has 0 bridgehead atoms. The second-order valence-corrected chi connectivity index (χ2v) is 12.0. The van der Waals surface area contributed by atoms with E-state index in [2.05, 4.69) is 23.3 Å². The van der Waals surface area contributed by atoms with Crippen molar-refractivity contribution < 1.29 is 29.1 Å². The van der Waals surface area contributed by atoms with Gasteiger partial charge in [0.15, 0.2) is 5.78 Å². The molecule has 3 atom stereocenters. The lowest BCUT2D eigenvalue weighted by Crippen LogP contribution is -2.39. The van der Waals surface area contributed by atoms with Crippen LogP contribution in [0.3, 0.4) is 0 Å². The highest BCUT2D eigenvalue weighted by molar-refractivity contribution is 7.80. The number of rotatable bonds is 23. The second kappa shape index (κ2) is 20.2. The summed E-state index contributed by atoms with van der Waals surface area (Å²) in [5, 5.41) is 15.0. The molecule has 0 heterocycles. The number of ketones is 3. The number of thiol groups is 1. The van der Waals surface area contributed by atoms with Gasteiger partial charge in [-0.05, 0) is 70.9 Å². The second-order valence-electron chi connectivity index (χ2n) is 11.7. The van der Waals surface area contributed by atoms with Crippen LogP contribution >= 0.6 is 12.6 Å². The number of Topliss-reactive ketones (excluding diaryl/α,β-unsaturated/α-hetero) is 3. The van der Waals surface area contributed by atoms with Crippen LogP contribution < -0.4 is 10.6 Å². The van der Waals surface area contributed by atoms with Gasteiger partial charge in [-0.15, -0.1) is 0 Å². The summed E-state index contributed by atoms with van der Waals surface area (Å²) >= 11 is 4.30. The number of carboxylic acids is 1. The maximum Gasteiger partial charge on any atom is 0.303 e. The first kappa shape index (κ1) is 36.3. The van der Waals surface area contributed by atoms with Gasteiger partial charge in [0.25, 0.3) is 0 Å². The van der Waals surface area contributed by atoms with Crippen molar-refractivity contribution in [3.8, 4) is 0 Å². The lowest BCUT2D eigenvalue weighted by molar-refractivity contribution is -0.138. The Hall–Kier alpha value is -1.74. The molecular formula is C29H52N2O6S. The molecule has 3 unspecified atom stereocenters. The van der Waals surface area contributed by atoms with E-state index < -0.39 is 17.9 Å². The lowest BCUT2D eigenvalue weighted by Gasteiger charge is -2.26. The van der Waals surface area contributed by atoms with E-state index in [4.69, 9.17) is 5.11 Å². The van der Waals surface area contributed by atoms with Gasteiger partial charge in [0.05, 0.1) is 6.04 Å². The zero-order chi connectivity index (χ0) is 29.1. The third-order valence-electron chi connectivity index (χ3n) is 6.72. The number of carbonyl (C=O) groups excluding carboxylic acids is 4. The largest absolute Gasteiger partial charge is 0.481 e. The molecule has 0 fully saturated rings. The van der Waals surface area contributed by atoms with Crippen molar-refractivity contribution in [2.75, 3.05) is 19.3 Å². The Balaban J connectivity index is 4.44. The highest BCUT2D eigenvalue weighted by atomic mass is 32.1. The van der Waals surface area contributed by atoms with Gasteiger partial charge in [-0.25, -0.2) is 0 Å². The molecule has 0 aliphatic rings. The molecule has 38 heavy (non-hydrogen) atoms. The smallest absolute Gasteiger partial charge is 0.303 e. The average Bonchev–Trinajstić information content (AvgIpc) is 2.82. The maximum atomic E-state index is 13.0. The first-order valence-electron chi connectivity index (χ1n) is 14.1. The molecule has 0 aromatic carbocycles. The summed E-state index contributed by atoms with van der Waals surface area (Å²) in [4.78, 5) is 60.8. The Morgan fingerprint density at radius 3 is 1.97 bits per heavy atom. The SMILES string of the molecule is CNCCCCC(NC(=O)CCCCCCC(=O)C(CS)CC(=O)C(CCC(=O)O)CC(C)(C)C)C(C)=O. The third-order valence-corrected chi connectivity index (χ3v) is 7.16. The molecule has 0 aliphatic carbocycles. The third kappa shape index (κ3) is 18.5. The zero-order valence-corrected chi connectivity index (χ0v) is 25.2. The number of aliphatic carboxylic acids is 1. The van der Waals surface area contributed by atoms with Crippen LogP contribution in [0.4, 0.5) is 0 Å². The van der Waals surface area contributed by atoms with Crippen LogP contribution in [0.15, 0.2) is 0 Å². The summed E-state index contributed by atoms with van der Waals surface area (Å²) in [5.74, 6) is -1.63. The van der Waals surface area contributed by atoms with Gasteiger partial charge >= 0.3 is 5.97 Å². The molecule has 3 N–H and O–H groups in total. The normalized spacial score (nSPS) is 13.9. The predicted molar refractivity (Wildman–Crippen MR) is 154 cm³/mol. The summed E-state index contributed by atoms with van der Waals surface area (Å²) in [6.07, 6.45) is 7.11. The first-order valence-corrected chi connectivity index (χ1v) is 14.8. The van der Waals surface area contributed by atoms with Crippen molar-refractivity contribution in [1.29, 1.82) is 0 Å². The number of amides is 1. The highest BCUT2D eigenvalue weighted by Crippen LogP contribution is 2.30. The van der Waals surface area contributed by atoms with Gasteiger partial charge in [-0.3, -0.25) is 24.0 Å². The van der Waals surface area contributed by atoms with Gasteiger partial charge in [0.2, 0.25) is 5.91 Å². The van der Waals surface area contributed by atoms with Crippen molar-refractivity contribution in [1.82, 2.24) is 10.6 Å². The van der Waals surface area contributed by atoms with E-state index >= 15 is 0 Å². The number of nitrogens with one attached hydrogen (secondary N) is 2. The van der Waals surface area contributed by atoms with Crippen LogP contribution in [-0.2, 0) is 24.0 Å². The molecule has 9 heteroatoms. The molecule has 220 valence electrons. The van der Waals surface area contributed by atoms with Crippen molar-refractivity contribution >= 4 is 41.9 Å². The number of hydrogen-bond donors (Lipinski definition) is 4. The van der Waals surface area contributed by atoms with Crippen molar-refractivity contribution in [2.45, 2.75) is 117 Å². The molecule has 0 saturated carbocycles. The van der Waals surface area contributed by atoms with E-state index in [1.54, 1.807) is 0 Å². The number of unbranched alkanes of at least 4 members (excludes halogenated alkanes) is 4. The van der Waals surface area contributed by atoms with E-state index in [1.165, 1.54) is 6.92 Å². The Labute approximate surface area is 235 Å². The van der Waals surface area contributed by atoms with Gasteiger partial charge in [0.1, 0.15) is 11.6 Å². The molecule has 0 saturated heterocycles. The molecule has 0 radical (unpaired) electrons. The Morgan fingerprint density at radius 2 is 1.45 bits per heavy atom. The van der Waals surface area contributed by atoms with Crippen LogP contribution in [0.1, 0.15) is 111 Å². The molecule has 8 nitrogen and oxygen atoms in total. The number of carbonyl (C=O) groups is 5. The molecule has 0 spiro atoms. The Morgan fingerprint density at radius 1 is 0.816 bits per heavy atom. The van der Waals surface area contributed by atoms with E-state index in [0.717, 1.165) is 32.2 Å². The van der Waals surface area contributed by atoms with E-state index in [0.29, 0.717) is 38.5 Å². The molecule has 0 aromatic rings. The molecule has 0 aliphatic heterocycles. The fourth-order valence-corrected chi connectivity index (χ4v) is 4.87. The summed E-state index contributed by atoms with van der Waals surface area (Å²) in [5.41, 5.74) is -0.116. The molecular weight excluding hydrogens is 504 g/mol. The van der Waals surface area contributed by atoms with Gasteiger partial charge in [-0.2, -0.15) is 12.6 Å². The van der Waals surface area contributed by atoms with E-state index in [-0.39, 0.29) is 59.6 Å². The summed E-state index contributed by atoms with van der Waals surface area (Å²) in [6, 6.07) is -0.426.